The Hall–Kier alpha value is -3.07. The van der Waals surface area contributed by atoms with Gasteiger partial charge in [-0.1, -0.05) is 150 Å². The van der Waals surface area contributed by atoms with E-state index in [0.29, 0.717) is 30.3 Å². The number of carbonyl (C=O) groups is 2. The maximum atomic E-state index is 12.7. The van der Waals surface area contributed by atoms with E-state index in [2.05, 4.69) is 105 Å². The van der Waals surface area contributed by atoms with Crippen LogP contribution in [-0.4, -0.2) is 74.9 Å². The molecule has 0 saturated heterocycles. The Kier molecular flexibility index (Phi) is 39.2. The normalized spacial score (nSPS) is 14.4. The first-order valence-electron chi connectivity index (χ1n) is 23.0. The quantitative estimate of drug-likeness (QED) is 0.0213. The van der Waals surface area contributed by atoms with Crippen LogP contribution in [0.2, 0.25) is 0 Å². The smallest absolute Gasteiger partial charge is 0.462 e. The molecular formula is C50H85NO8P+. The van der Waals surface area contributed by atoms with E-state index in [1.165, 1.54) is 25.7 Å². The zero-order chi connectivity index (χ0) is 44.3. The Balaban J connectivity index is 4.47. The van der Waals surface area contributed by atoms with Gasteiger partial charge in [-0.25, -0.2) is 4.57 Å². The van der Waals surface area contributed by atoms with Crippen LogP contribution >= 0.6 is 7.82 Å². The van der Waals surface area contributed by atoms with Crippen LogP contribution in [0, 0.1) is 0 Å². The summed E-state index contributed by atoms with van der Waals surface area (Å²) in [7, 11) is 1.41. The van der Waals surface area contributed by atoms with E-state index in [-0.39, 0.29) is 26.1 Å². The second kappa shape index (κ2) is 41.3. The zero-order valence-corrected chi connectivity index (χ0v) is 39.3. The first-order chi connectivity index (χ1) is 29.0. The van der Waals surface area contributed by atoms with E-state index in [1.54, 1.807) is 0 Å². The van der Waals surface area contributed by atoms with Crippen LogP contribution in [0.15, 0.2) is 97.2 Å². The molecule has 0 spiro atoms. The predicted molar refractivity (Wildman–Crippen MR) is 252 cm³/mol. The number of nitrogens with zero attached hydrogens (tertiary/aromatic N) is 1. The van der Waals surface area contributed by atoms with Crippen molar-refractivity contribution in [1.82, 2.24) is 0 Å². The zero-order valence-electron chi connectivity index (χ0n) is 38.4. The summed E-state index contributed by atoms with van der Waals surface area (Å²) in [5, 5.41) is 0. The molecule has 0 aromatic carbocycles. The standard InChI is InChI=1S/C50H84NO8P/c1-6-8-10-12-14-16-18-20-22-24-25-27-28-30-32-34-36-38-40-42-49(52)56-46-48(47-58-60(54,55)57-45-44-51(3,4)5)59-50(53)43-41-39-37-35-33-31-29-26-23-21-19-17-15-13-11-9-7-2/h9,11,14-17,20-23,25,27,29,31,35,37,48H,6-8,10,12-13,18-19,24,26,28,30,32-34,36,38-47H2,1-5H3/p+1/b11-9-,16-14-,17-15-,22-20-,23-21-,27-25-,31-29-,37-35-. The van der Waals surface area contributed by atoms with Gasteiger partial charge in [0, 0.05) is 12.8 Å². The number of hydrogen-bond donors (Lipinski definition) is 1. The molecule has 2 unspecified atom stereocenters. The number of quaternary nitrogens is 1. The van der Waals surface area contributed by atoms with Gasteiger partial charge in [0.05, 0.1) is 27.7 Å². The monoisotopic (exact) mass is 859 g/mol. The van der Waals surface area contributed by atoms with Crippen LogP contribution in [0.3, 0.4) is 0 Å². The molecule has 10 heteroatoms. The lowest BCUT2D eigenvalue weighted by atomic mass is 10.1. The molecule has 0 bridgehead atoms. The number of rotatable bonds is 40. The SMILES string of the molecule is CC/C=C\C/C=C\C/C=C\C/C=C\C/C=C\CCCC(=O)OC(COC(=O)CCCCCCCC/C=C\C/C=C\C/C=C\CCCCC)COP(=O)(O)OCC[N+](C)(C)C. The Bertz CT molecular complexity index is 1340. The first kappa shape index (κ1) is 56.9. The highest BCUT2D eigenvalue weighted by molar-refractivity contribution is 7.47. The summed E-state index contributed by atoms with van der Waals surface area (Å²) in [6.07, 6.45) is 54.6. The van der Waals surface area contributed by atoms with E-state index in [4.69, 9.17) is 18.5 Å². The van der Waals surface area contributed by atoms with Crippen LogP contribution in [-0.2, 0) is 32.7 Å². The summed E-state index contributed by atoms with van der Waals surface area (Å²) < 4.78 is 34.3. The minimum Gasteiger partial charge on any atom is -0.462 e. The van der Waals surface area contributed by atoms with Crippen molar-refractivity contribution in [2.24, 2.45) is 0 Å². The molecule has 0 fully saturated rings. The molecular weight excluding hydrogens is 774 g/mol. The van der Waals surface area contributed by atoms with E-state index in [9.17, 15) is 19.0 Å². The second-order valence-electron chi connectivity index (χ2n) is 16.0. The van der Waals surface area contributed by atoms with Gasteiger partial charge < -0.3 is 18.9 Å². The van der Waals surface area contributed by atoms with Crippen LogP contribution in [0.5, 0.6) is 0 Å². The molecule has 0 rings (SSSR count). The number of phosphoric acid groups is 1. The van der Waals surface area contributed by atoms with Crippen molar-refractivity contribution in [3.05, 3.63) is 97.2 Å². The van der Waals surface area contributed by atoms with Gasteiger partial charge >= 0.3 is 19.8 Å². The lowest BCUT2D eigenvalue weighted by Gasteiger charge is -2.24. The number of unbranched alkanes of at least 4 members (excludes halogenated alkanes) is 10. The third kappa shape index (κ3) is 44.5. The predicted octanol–water partition coefficient (Wildman–Crippen LogP) is 13.4. The molecule has 0 radical (unpaired) electrons. The van der Waals surface area contributed by atoms with Gasteiger partial charge in [0.2, 0.25) is 0 Å². The molecule has 0 aromatic heterocycles. The molecule has 0 heterocycles. The Morgan fingerprint density at radius 2 is 0.967 bits per heavy atom. The first-order valence-corrected chi connectivity index (χ1v) is 24.5. The Morgan fingerprint density at radius 1 is 0.533 bits per heavy atom. The third-order valence-electron chi connectivity index (χ3n) is 9.10. The number of esters is 2. The highest BCUT2D eigenvalue weighted by Gasteiger charge is 2.27. The van der Waals surface area contributed by atoms with Gasteiger partial charge in [0.15, 0.2) is 6.10 Å². The van der Waals surface area contributed by atoms with Gasteiger partial charge in [0.1, 0.15) is 19.8 Å². The number of phosphoric ester groups is 1. The second-order valence-corrected chi connectivity index (χ2v) is 17.5. The summed E-state index contributed by atoms with van der Waals surface area (Å²) >= 11 is 0. The van der Waals surface area contributed by atoms with Crippen molar-refractivity contribution in [3.8, 4) is 0 Å². The summed E-state index contributed by atoms with van der Waals surface area (Å²) in [4.78, 5) is 35.4. The number of likely N-dealkylation sites (N-methyl/N-ethyl adjacent to an activating group) is 1. The van der Waals surface area contributed by atoms with Crippen LogP contribution in [0.25, 0.3) is 0 Å². The average Bonchev–Trinajstić information content (AvgIpc) is 3.20. The maximum Gasteiger partial charge on any atom is 0.472 e. The van der Waals surface area contributed by atoms with Crippen molar-refractivity contribution < 1.29 is 42.1 Å². The lowest BCUT2D eigenvalue weighted by molar-refractivity contribution is -0.870. The summed E-state index contributed by atoms with van der Waals surface area (Å²) in [6, 6.07) is 0. The van der Waals surface area contributed by atoms with Crippen LogP contribution in [0.4, 0.5) is 0 Å². The van der Waals surface area contributed by atoms with Crippen LogP contribution < -0.4 is 0 Å². The van der Waals surface area contributed by atoms with Crippen LogP contribution in [0.1, 0.15) is 155 Å². The number of allylic oxidation sites excluding steroid dienone is 16. The molecule has 342 valence electrons. The van der Waals surface area contributed by atoms with E-state index in [0.717, 1.165) is 83.5 Å². The number of ether oxygens (including phenoxy) is 2. The average molecular weight is 859 g/mol. The minimum absolute atomic E-state index is 0.0130. The third-order valence-corrected chi connectivity index (χ3v) is 10.1. The highest BCUT2D eigenvalue weighted by atomic mass is 31.2. The van der Waals surface area contributed by atoms with Crippen molar-refractivity contribution >= 4 is 19.8 Å². The minimum atomic E-state index is -4.40. The van der Waals surface area contributed by atoms with Gasteiger partial charge in [-0.05, 0) is 89.9 Å². The molecule has 0 aliphatic heterocycles. The summed E-state index contributed by atoms with van der Waals surface area (Å²) in [5.41, 5.74) is 0. The molecule has 0 amide bonds. The molecule has 2 atom stereocenters. The molecule has 60 heavy (non-hydrogen) atoms. The van der Waals surface area contributed by atoms with Crippen molar-refractivity contribution in [3.63, 3.8) is 0 Å². The molecule has 0 aromatic rings. The topological polar surface area (TPSA) is 108 Å². The fourth-order valence-electron chi connectivity index (χ4n) is 5.53. The van der Waals surface area contributed by atoms with Gasteiger partial charge in [-0.2, -0.15) is 0 Å². The number of hydrogen-bond acceptors (Lipinski definition) is 7. The molecule has 0 aliphatic rings. The van der Waals surface area contributed by atoms with E-state index >= 15 is 0 Å². The number of carbonyl (C=O) groups excluding carboxylic acids is 2. The molecule has 1 N–H and O–H groups in total. The summed E-state index contributed by atoms with van der Waals surface area (Å²) in [5.74, 6) is -0.891. The summed E-state index contributed by atoms with van der Waals surface area (Å²) in [6.45, 7) is 4.17. The molecule has 0 aliphatic carbocycles. The van der Waals surface area contributed by atoms with Gasteiger partial charge in [-0.15, -0.1) is 0 Å². The van der Waals surface area contributed by atoms with Gasteiger partial charge in [-0.3, -0.25) is 18.6 Å². The van der Waals surface area contributed by atoms with Crippen molar-refractivity contribution in [2.75, 3.05) is 47.5 Å². The van der Waals surface area contributed by atoms with Crippen molar-refractivity contribution in [1.29, 1.82) is 0 Å². The van der Waals surface area contributed by atoms with Crippen molar-refractivity contribution in [2.45, 2.75) is 161 Å². The van der Waals surface area contributed by atoms with E-state index < -0.39 is 32.5 Å². The van der Waals surface area contributed by atoms with E-state index in [1.807, 2.05) is 27.2 Å². The Labute approximate surface area is 366 Å². The highest BCUT2D eigenvalue weighted by Crippen LogP contribution is 2.43. The lowest BCUT2D eigenvalue weighted by Crippen LogP contribution is -2.37. The largest absolute Gasteiger partial charge is 0.472 e. The fourth-order valence-corrected chi connectivity index (χ4v) is 6.27. The fraction of sp³-hybridized carbons (Fsp3) is 0.640. The maximum absolute atomic E-state index is 12.7. The molecule has 9 nitrogen and oxygen atoms in total. The Morgan fingerprint density at radius 3 is 1.47 bits per heavy atom. The van der Waals surface area contributed by atoms with Gasteiger partial charge in [0.25, 0.3) is 0 Å². The molecule has 0 saturated carbocycles.